The maximum absolute atomic E-state index is 11.0. The fourth-order valence-electron chi connectivity index (χ4n) is 3.48. The van der Waals surface area contributed by atoms with E-state index < -0.39 is 0 Å². The second-order valence-corrected chi connectivity index (χ2v) is 6.95. The van der Waals surface area contributed by atoms with Gasteiger partial charge in [0.25, 0.3) is 0 Å². The lowest BCUT2D eigenvalue weighted by atomic mass is 9.45. The predicted octanol–water partition coefficient (Wildman–Crippen LogP) is 1.94. The van der Waals surface area contributed by atoms with Gasteiger partial charge in [-0.25, -0.2) is 0 Å². The Balaban J connectivity index is 1.85. The predicted molar refractivity (Wildman–Crippen MR) is 68.8 cm³/mol. The minimum absolute atomic E-state index is 0.170. The van der Waals surface area contributed by atoms with Crippen LogP contribution in [-0.4, -0.2) is 35.8 Å². The first kappa shape index (κ1) is 13.2. The number of methoxy groups -OCH3 is 1. The van der Waals surface area contributed by atoms with Crippen LogP contribution >= 0.6 is 11.8 Å². The van der Waals surface area contributed by atoms with Crippen molar-refractivity contribution in [1.29, 1.82) is 0 Å². The Morgan fingerprint density at radius 3 is 2.76 bits per heavy atom. The molecule has 3 aliphatic rings. The zero-order chi connectivity index (χ0) is 12.6. The minimum atomic E-state index is -0.175. The Morgan fingerprint density at radius 1 is 1.47 bits per heavy atom. The van der Waals surface area contributed by atoms with Crippen molar-refractivity contribution in [2.45, 2.75) is 32.8 Å². The molecule has 0 saturated heterocycles. The number of aliphatic hydroxyl groups is 1. The van der Waals surface area contributed by atoms with Gasteiger partial charge in [-0.1, -0.05) is 13.8 Å². The van der Waals surface area contributed by atoms with Crippen molar-refractivity contribution >= 4 is 17.7 Å². The number of hydrogen-bond acceptors (Lipinski definition) is 4. The summed E-state index contributed by atoms with van der Waals surface area (Å²) < 4.78 is 4.62. The van der Waals surface area contributed by atoms with Crippen molar-refractivity contribution in [3.63, 3.8) is 0 Å². The van der Waals surface area contributed by atoms with E-state index in [1.807, 2.05) is 0 Å². The van der Waals surface area contributed by atoms with E-state index in [0.717, 1.165) is 12.2 Å². The van der Waals surface area contributed by atoms with Crippen LogP contribution in [0.3, 0.4) is 0 Å². The molecular formula is C13H22O3S. The van der Waals surface area contributed by atoms with Crippen LogP contribution in [0.1, 0.15) is 26.7 Å². The maximum atomic E-state index is 11.0. The molecule has 3 aliphatic carbocycles. The molecule has 98 valence electrons. The van der Waals surface area contributed by atoms with Crippen molar-refractivity contribution in [2.24, 2.45) is 23.2 Å². The highest BCUT2D eigenvalue weighted by atomic mass is 32.2. The van der Waals surface area contributed by atoms with Gasteiger partial charge in [-0.3, -0.25) is 4.79 Å². The molecule has 4 atom stereocenters. The first-order chi connectivity index (χ1) is 7.96. The molecular weight excluding hydrogens is 236 g/mol. The van der Waals surface area contributed by atoms with E-state index in [2.05, 4.69) is 18.6 Å². The molecule has 0 unspecified atom stereocenters. The number of carbonyl (C=O) groups is 1. The molecule has 0 amide bonds. The third-order valence-electron chi connectivity index (χ3n) is 4.84. The van der Waals surface area contributed by atoms with Gasteiger partial charge in [0.2, 0.25) is 0 Å². The summed E-state index contributed by atoms with van der Waals surface area (Å²) in [5.74, 6) is 2.77. The molecule has 0 aliphatic heterocycles. The molecule has 0 radical (unpaired) electrons. The van der Waals surface area contributed by atoms with E-state index >= 15 is 0 Å². The van der Waals surface area contributed by atoms with Crippen molar-refractivity contribution in [3.8, 4) is 0 Å². The molecule has 0 aromatic carbocycles. The Morgan fingerprint density at radius 2 is 2.18 bits per heavy atom. The molecule has 2 bridgehead atoms. The topological polar surface area (TPSA) is 46.5 Å². The van der Waals surface area contributed by atoms with E-state index in [0.29, 0.717) is 28.9 Å². The normalized spacial score (nSPS) is 38.4. The van der Waals surface area contributed by atoms with Gasteiger partial charge in [-0.2, -0.15) is 0 Å². The number of thioether (sulfide) groups is 1. The van der Waals surface area contributed by atoms with E-state index in [4.69, 9.17) is 0 Å². The Hall–Kier alpha value is -0.220. The monoisotopic (exact) mass is 258 g/mol. The number of esters is 1. The number of fused-ring (bicyclic) bond motifs is 2. The lowest BCUT2D eigenvalue weighted by Crippen LogP contribution is -2.58. The Labute approximate surface area is 107 Å². The molecule has 0 spiro atoms. The zero-order valence-corrected chi connectivity index (χ0v) is 11.6. The zero-order valence-electron chi connectivity index (χ0n) is 10.8. The first-order valence-corrected chi connectivity index (χ1v) is 7.45. The summed E-state index contributed by atoms with van der Waals surface area (Å²) in [6.45, 7) is 4.63. The Kier molecular flexibility index (Phi) is 3.74. The van der Waals surface area contributed by atoms with Crippen molar-refractivity contribution in [2.75, 3.05) is 18.6 Å². The summed E-state index contributed by atoms with van der Waals surface area (Å²) in [6, 6.07) is 0. The van der Waals surface area contributed by atoms with Crippen LogP contribution in [0.2, 0.25) is 0 Å². The lowest BCUT2D eigenvalue weighted by molar-refractivity contribution is -0.152. The smallest absolute Gasteiger partial charge is 0.315 e. The maximum Gasteiger partial charge on any atom is 0.315 e. The highest BCUT2D eigenvalue weighted by Crippen LogP contribution is 2.61. The highest BCUT2D eigenvalue weighted by molar-refractivity contribution is 7.99. The second-order valence-electron chi connectivity index (χ2n) is 5.92. The van der Waals surface area contributed by atoms with E-state index in [1.54, 1.807) is 11.8 Å². The third kappa shape index (κ3) is 2.34. The molecule has 1 N–H and O–H groups in total. The van der Waals surface area contributed by atoms with Gasteiger partial charge in [-0.15, -0.1) is 11.8 Å². The SMILES string of the molecule is COC(=O)CSC[C@H]1[C@@H](O)C[C@H]2C[C@@H]1C2(C)C. The lowest BCUT2D eigenvalue weighted by Gasteiger charge is -2.61. The quantitative estimate of drug-likeness (QED) is 0.783. The van der Waals surface area contributed by atoms with Gasteiger partial charge < -0.3 is 9.84 Å². The fraction of sp³-hybridized carbons (Fsp3) is 0.923. The summed E-state index contributed by atoms with van der Waals surface area (Å²) in [5.41, 5.74) is 0.385. The van der Waals surface area contributed by atoms with Crippen LogP contribution in [0.5, 0.6) is 0 Å². The number of ether oxygens (including phenoxy) is 1. The van der Waals surface area contributed by atoms with Crippen LogP contribution in [0, 0.1) is 23.2 Å². The summed E-state index contributed by atoms with van der Waals surface area (Å²) in [6.07, 6.45) is 2.03. The van der Waals surface area contributed by atoms with Gasteiger partial charge >= 0.3 is 5.97 Å². The molecule has 0 aromatic rings. The van der Waals surface area contributed by atoms with E-state index in [-0.39, 0.29) is 12.1 Å². The van der Waals surface area contributed by atoms with Crippen LogP contribution in [-0.2, 0) is 9.53 Å². The van der Waals surface area contributed by atoms with Crippen LogP contribution in [0.4, 0.5) is 0 Å². The summed E-state index contributed by atoms with van der Waals surface area (Å²) in [7, 11) is 1.41. The van der Waals surface area contributed by atoms with Gasteiger partial charge in [0.15, 0.2) is 0 Å². The molecule has 4 heteroatoms. The van der Waals surface area contributed by atoms with Gasteiger partial charge in [0.1, 0.15) is 0 Å². The first-order valence-electron chi connectivity index (χ1n) is 6.29. The largest absolute Gasteiger partial charge is 0.468 e. The third-order valence-corrected chi connectivity index (χ3v) is 5.90. The van der Waals surface area contributed by atoms with Crippen LogP contribution in [0.15, 0.2) is 0 Å². The minimum Gasteiger partial charge on any atom is -0.468 e. The number of hydrogen-bond donors (Lipinski definition) is 1. The fourth-order valence-corrected chi connectivity index (χ4v) is 4.61. The molecule has 0 heterocycles. The van der Waals surface area contributed by atoms with Gasteiger partial charge in [0, 0.05) is 0 Å². The average molecular weight is 258 g/mol. The van der Waals surface area contributed by atoms with Crippen LogP contribution < -0.4 is 0 Å². The van der Waals surface area contributed by atoms with Gasteiger partial charge in [-0.05, 0) is 41.8 Å². The second kappa shape index (κ2) is 4.81. The number of rotatable bonds is 4. The highest BCUT2D eigenvalue weighted by Gasteiger charge is 2.57. The van der Waals surface area contributed by atoms with Gasteiger partial charge in [0.05, 0.1) is 19.0 Å². The van der Waals surface area contributed by atoms with E-state index in [1.165, 1.54) is 13.5 Å². The molecule has 0 aromatic heterocycles. The van der Waals surface area contributed by atoms with E-state index in [9.17, 15) is 9.90 Å². The standard InChI is InChI=1S/C13H22O3S/c1-13(2)8-4-10(13)9(11(14)5-8)6-17-7-12(15)16-3/h8-11,14H,4-7H2,1-3H3/t8-,9-,10+,11+/m1/s1. The molecule has 3 saturated carbocycles. The Bertz CT molecular complexity index is 303. The molecule has 3 nitrogen and oxygen atoms in total. The number of aliphatic hydroxyl groups excluding tert-OH is 1. The number of carbonyl (C=O) groups excluding carboxylic acids is 1. The molecule has 3 rings (SSSR count). The molecule has 17 heavy (non-hydrogen) atoms. The average Bonchev–Trinajstić information content (AvgIpc) is 2.30. The summed E-state index contributed by atoms with van der Waals surface area (Å²) in [5, 5.41) is 10.1. The van der Waals surface area contributed by atoms with Crippen molar-refractivity contribution in [3.05, 3.63) is 0 Å². The van der Waals surface area contributed by atoms with Crippen molar-refractivity contribution in [1.82, 2.24) is 0 Å². The van der Waals surface area contributed by atoms with Crippen molar-refractivity contribution < 1.29 is 14.6 Å². The summed E-state index contributed by atoms with van der Waals surface area (Å²) in [4.78, 5) is 11.0. The van der Waals surface area contributed by atoms with Crippen LogP contribution in [0.25, 0.3) is 0 Å². The summed E-state index contributed by atoms with van der Waals surface area (Å²) >= 11 is 1.59. The molecule has 3 fully saturated rings.